The van der Waals surface area contributed by atoms with Crippen LogP contribution in [0.5, 0.6) is 0 Å². The zero-order chi connectivity index (χ0) is 67.1. The Hall–Kier alpha value is -7.31. The first-order valence-corrected chi connectivity index (χ1v) is 30.8. The standard InChI is InChI=1S/C63H93ClF3N11O11/c1-16-39(6)55-62(89)73(11)35-53(81)71(9)36-54(82)75(13)50(33-43-21-26-45(64)27-22-43)59(86)72(10)34-51(79)69-46(28-23-42-19-24-44(25-20-42)63(65,66)67)58(85)78-29-17-18-47(78)60(87)77(15)49(31-38(4)5)61(88)76(14)48(30-37(2)3)57(84)68-40(7)32-52(80)74(12)41(8)56(83)70-55/h19-22,24-27,37-41,46-50,55H,16-18,23,28-36H2,1-15H3,(H,68,84)(H,69,79)(H,70,83)/t39?,40-,41+,46+,47+,48+,49+,50+,55+/m1/s1. The third-order valence-corrected chi connectivity index (χ3v) is 17.1. The second-order valence-corrected chi connectivity index (χ2v) is 25.3. The molecule has 2 fully saturated rings. The quantitative estimate of drug-likeness (QED) is 0.287. The van der Waals surface area contributed by atoms with Crippen LogP contribution >= 0.6 is 11.6 Å². The number of carbonyl (C=O) groups excluding carboxylic acids is 11. The summed E-state index contributed by atoms with van der Waals surface area (Å²) >= 11 is 6.19. The smallest absolute Gasteiger partial charge is 0.351 e. The Morgan fingerprint density at radius 3 is 1.70 bits per heavy atom. The lowest BCUT2D eigenvalue weighted by Crippen LogP contribution is -2.59. The van der Waals surface area contributed by atoms with Crippen molar-refractivity contribution in [3.8, 4) is 0 Å². The first kappa shape index (κ1) is 74.2. The molecule has 2 aliphatic heterocycles. The molecule has 22 nitrogen and oxygen atoms in total. The van der Waals surface area contributed by atoms with Gasteiger partial charge in [-0.25, -0.2) is 0 Å². The number of hydrogen-bond donors (Lipinski definition) is 3. The molecule has 0 spiro atoms. The van der Waals surface area contributed by atoms with Gasteiger partial charge >= 0.3 is 6.18 Å². The number of alkyl halides is 3. The number of nitrogens with one attached hydrogen (secondary N) is 3. The van der Waals surface area contributed by atoms with Gasteiger partial charge in [-0.1, -0.05) is 83.8 Å². The Morgan fingerprint density at radius 2 is 1.12 bits per heavy atom. The highest BCUT2D eigenvalue weighted by atomic mass is 35.5. The van der Waals surface area contributed by atoms with E-state index in [1.54, 1.807) is 38.1 Å². The number of amides is 11. The lowest BCUT2D eigenvalue weighted by Gasteiger charge is -2.38. The molecule has 2 saturated heterocycles. The fraction of sp³-hybridized carbons (Fsp3) is 0.635. The van der Waals surface area contributed by atoms with E-state index in [2.05, 4.69) is 16.0 Å². The normalized spacial score (nSPS) is 24.8. The van der Waals surface area contributed by atoms with Gasteiger partial charge in [0.05, 0.1) is 25.2 Å². The van der Waals surface area contributed by atoms with Crippen molar-refractivity contribution in [2.24, 2.45) is 17.8 Å². The van der Waals surface area contributed by atoms with Gasteiger partial charge in [0, 0.05) is 79.8 Å². The van der Waals surface area contributed by atoms with Crippen LogP contribution in [-0.2, 0) is 71.8 Å². The molecule has 0 aliphatic carbocycles. The van der Waals surface area contributed by atoms with Crippen molar-refractivity contribution >= 4 is 76.6 Å². The molecule has 26 heteroatoms. The number of carbonyl (C=O) groups is 11. The summed E-state index contributed by atoms with van der Waals surface area (Å²) in [6, 6.07) is 1.64. The number of benzene rings is 2. The predicted octanol–water partition coefficient (Wildman–Crippen LogP) is 4.24. The molecule has 11 amide bonds. The van der Waals surface area contributed by atoms with Crippen LogP contribution in [0.25, 0.3) is 0 Å². The summed E-state index contributed by atoms with van der Waals surface area (Å²) in [7, 11) is 9.68. The Balaban J connectivity index is 1.81. The third kappa shape index (κ3) is 20.6. The van der Waals surface area contributed by atoms with Crippen molar-refractivity contribution in [1.82, 2.24) is 55.1 Å². The molecule has 494 valence electrons. The summed E-state index contributed by atoms with van der Waals surface area (Å²) in [6.07, 6.45) is -3.89. The van der Waals surface area contributed by atoms with E-state index in [1.165, 1.54) is 88.0 Å². The molecule has 0 saturated carbocycles. The highest BCUT2D eigenvalue weighted by Gasteiger charge is 2.44. The van der Waals surface area contributed by atoms with Crippen molar-refractivity contribution in [3.63, 3.8) is 0 Å². The monoisotopic (exact) mass is 1270 g/mol. The van der Waals surface area contributed by atoms with Gasteiger partial charge in [-0.2, -0.15) is 13.2 Å². The number of aryl methyl sites for hydroxylation is 1. The van der Waals surface area contributed by atoms with Gasteiger partial charge in [-0.15, -0.1) is 0 Å². The van der Waals surface area contributed by atoms with Crippen molar-refractivity contribution in [1.29, 1.82) is 0 Å². The largest absolute Gasteiger partial charge is 0.416 e. The number of hydrogen-bond acceptors (Lipinski definition) is 11. The molecule has 2 aliphatic rings. The fourth-order valence-electron chi connectivity index (χ4n) is 10.8. The number of rotatable bonds is 11. The Bertz CT molecular complexity index is 2840. The van der Waals surface area contributed by atoms with E-state index in [0.29, 0.717) is 29.0 Å². The van der Waals surface area contributed by atoms with E-state index in [-0.39, 0.29) is 63.3 Å². The van der Waals surface area contributed by atoms with Crippen molar-refractivity contribution in [2.75, 3.05) is 75.5 Å². The van der Waals surface area contributed by atoms with E-state index in [4.69, 9.17) is 11.6 Å². The lowest BCUT2D eigenvalue weighted by atomic mass is 9.97. The molecule has 9 atom stereocenters. The van der Waals surface area contributed by atoms with E-state index in [9.17, 15) is 65.9 Å². The van der Waals surface area contributed by atoms with Gasteiger partial charge in [-0.05, 0) is 106 Å². The molecular formula is C63H93ClF3N11O11. The zero-order valence-corrected chi connectivity index (χ0v) is 55.0. The maximum absolute atomic E-state index is 15.0. The maximum Gasteiger partial charge on any atom is 0.416 e. The van der Waals surface area contributed by atoms with Crippen molar-refractivity contribution in [3.05, 3.63) is 70.2 Å². The second kappa shape index (κ2) is 33.0. The van der Waals surface area contributed by atoms with Gasteiger partial charge in [0.2, 0.25) is 65.0 Å². The van der Waals surface area contributed by atoms with Crippen LogP contribution in [0, 0.1) is 17.8 Å². The van der Waals surface area contributed by atoms with Gasteiger partial charge < -0.3 is 55.1 Å². The topological polar surface area (TPSA) is 250 Å². The molecule has 2 aromatic rings. The summed E-state index contributed by atoms with van der Waals surface area (Å²) in [6.45, 7) is 12.4. The lowest BCUT2D eigenvalue weighted by molar-refractivity contribution is -0.152. The van der Waals surface area contributed by atoms with Crippen LogP contribution in [-0.4, -0.2) is 228 Å². The fourth-order valence-corrected chi connectivity index (χ4v) is 11.0. The van der Waals surface area contributed by atoms with Gasteiger partial charge in [-0.3, -0.25) is 52.7 Å². The van der Waals surface area contributed by atoms with E-state index in [0.717, 1.165) is 31.7 Å². The van der Waals surface area contributed by atoms with Crippen LogP contribution in [0.1, 0.15) is 117 Å². The second-order valence-electron chi connectivity index (χ2n) is 24.9. The average molecular weight is 1270 g/mol. The van der Waals surface area contributed by atoms with Gasteiger partial charge in [0.25, 0.3) is 0 Å². The van der Waals surface area contributed by atoms with Crippen molar-refractivity contribution in [2.45, 2.75) is 168 Å². The van der Waals surface area contributed by atoms with E-state index in [1.807, 2.05) is 34.6 Å². The summed E-state index contributed by atoms with van der Waals surface area (Å²) in [5.41, 5.74) is 0.0733. The van der Waals surface area contributed by atoms with Crippen LogP contribution in [0.2, 0.25) is 5.02 Å². The van der Waals surface area contributed by atoms with Gasteiger partial charge in [0.15, 0.2) is 0 Å². The third-order valence-electron chi connectivity index (χ3n) is 16.9. The molecule has 89 heavy (non-hydrogen) atoms. The molecule has 0 aromatic heterocycles. The highest BCUT2D eigenvalue weighted by molar-refractivity contribution is 6.30. The number of likely N-dealkylation sites (N-methyl/N-ethyl adjacent to an activating group) is 7. The minimum Gasteiger partial charge on any atom is -0.351 e. The van der Waals surface area contributed by atoms with Crippen LogP contribution < -0.4 is 16.0 Å². The minimum atomic E-state index is -4.62. The van der Waals surface area contributed by atoms with E-state index >= 15 is 0 Å². The Labute approximate surface area is 526 Å². The highest BCUT2D eigenvalue weighted by Crippen LogP contribution is 2.30. The minimum absolute atomic E-state index is 0.0138. The van der Waals surface area contributed by atoms with E-state index < -0.39 is 151 Å². The SMILES string of the molecule is CCC(C)[C@@H]1NC(=O)[C@H](C)N(C)C(=O)C[C@@H](C)NC(=O)[C@H](CC(C)C)N(C)C(=O)[C@H](CC(C)C)N(C)C(=O)[C@@H]2CCCN2C(=O)[C@H](CCc2ccc(C(F)(F)F)cc2)NC(=O)CN(C)C(=O)[C@H](Cc2ccc(Cl)cc2)N(C)C(=O)CN(C)C(=O)CN(C)C1=O. The Morgan fingerprint density at radius 1 is 0.573 bits per heavy atom. The molecular weight excluding hydrogens is 1180 g/mol. The Kier molecular flexibility index (Phi) is 27.5. The summed E-state index contributed by atoms with van der Waals surface area (Å²) in [5, 5.41) is 8.75. The molecule has 0 bridgehead atoms. The maximum atomic E-state index is 15.0. The molecule has 0 radical (unpaired) electrons. The summed E-state index contributed by atoms with van der Waals surface area (Å²) < 4.78 is 40.8. The number of halogens is 4. The van der Waals surface area contributed by atoms with Gasteiger partial charge in [0.1, 0.15) is 42.3 Å². The number of fused-ring (bicyclic) bond motifs is 1. The molecule has 2 heterocycles. The van der Waals surface area contributed by atoms with Crippen molar-refractivity contribution < 1.29 is 65.9 Å². The molecule has 2 aromatic carbocycles. The molecule has 4 rings (SSSR count). The first-order chi connectivity index (χ1) is 41.5. The van der Waals surface area contributed by atoms with Crippen LogP contribution in [0.3, 0.4) is 0 Å². The summed E-state index contributed by atoms with van der Waals surface area (Å²) in [4.78, 5) is 167. The summed E-state index contributed by atoms with van der Waals surface area (Å²) in [5.74, 6) is -7.97. The zero-order valence-electron chi connectivity index (χ0n) is 54.2. The molecule has 1 unspecified atom stereocenters. The van der Waals surface area contributed by atoms with Crippen LogP contribution in [0.4, 0.5) is 13.2 Å². The molecule has 3 N–H and O–H groups in total. The first-order valence-electron chi connectivity index (χ1n) is 30.4. The number of nitrogens with zero attached hydrogens (tertiary/aromatic N) is 8. The average Bonchev–Trinajstić information content (AvgIpc) is 3.96. The predicted molar refractivity (Wildman–Crippen MR) is 329 cm³/mol. The van der Waals surface area contributed by atoms with Crippen LogP contribution in [0.15, 0.2) is 48.5 Å².